The fourth-order valence-electron chi connectivity index (χ4n) is 8.54. The minimum absolute atomic E-state index is 0.0851. The lowest BCUT2D eigenvalue weighted by Crippen LogP contribution is -2.63. The molecular formula is C42H32BN3. The third kappa shape index (κ3) is 3.56. The summed E-state index contributed by atoms with van der Waals surface area (Å²) in [4.78, 5) is 5.07. The van der Waals surface area contributed by atoms with E-state index in [2.05, 4.69) is 160 Å². The van der Waals surface area contributed by atoms with Gasteiger partial charge in [0, 0.05) is 45.1 Å². The second-order valence-corrected chi connectivity index (χ2v) is 12.7. The van der Waals surface area contributed by atoms with Gasteiger partial charge in [-0.3, -0.25) is 0 Å². The van der Waals surface area contributed by atoms with Crippen LogP contribution in [-0.2, 0) is 12.8 Å². The number of benzene rings is 6. The van der Waals surface area contributed by atoms with E-state index in [1.807, 2.05) is 0 Å². The van der Waals surface area contributed by atoms with Crippen LogP contribution in [0, 0.1) is 0 Å². The SMILES string of the molecule is c1ccc(N2c3ccccc3B3c4c2cccc4N(c2ccccc2)c2c4c(n(-c5cccc6ccccc56)c23)CCCC4)cc1. The Morgan fingerprint density at radius 1 is 0.478 bits per heavy atom. The predicted octanol–water partition coefficient (Wildman–Crippen LogP) is 8.59. The molecule has 2 aliphatic heterocycles. The van der Waals surface area contributed by atoms with Gasteiger partial charge in [-0.15, -0.1) is 0 Å². The number of rotatable bonds is 3. The molecule has 3 aliphatic rings. The molecule has 1 aromatic heterocycles. The third-order valence-electron chi connectivity index (χ3n) is 10.3. The van der Waals surface area contributed by atoms with Crippen LogP contribution in [0.15, 0.2) is 146 Å². The molecule has 0 N–H and O–H groups in total. The monoisotopic (exact) mass is 589 g/mol. The van der Waals surface area contributed by atoms with Crippen molar-refractivity contribution in [1.82, 2.24) is 4.57 Å². The van der Waals surface area contributed by atoms with E-state index in [1.54, 1.807) is 0 Å². The quantitative estimate of drug-likeness (QED) is 0.191. The van der Waals surface area contributed by atoms with Gasteiger partial charge >= 0.3 is 0 Å². The van der Waals surface area contributed by atoms with E-state index in [9.17, 15) is 0 Å². The zero-order chi connectivity index (χ0) is 30.2. The van der Waals surface area contributed by atoms with Crippen LogP contribution in [0.4, 0.5) is 34.1 Å². The number of para-hydroxylation sites is 3. The van der Waals surface area contributed by atoms with E-state index < -0.39 is 0 Å². The van der Waals surface area contributed by atoms with Crippen LogP contribution in [-0.4, -0.2) is 11.3 Å². The first kappa shape index (κ1) is 25.8. The van der Waals surface area contributed by atoms with Crippen molar-refractivity contribution in [3.8, 4) is 5.69 Å². The van der Waals surface area contributed by atoms with E-state index in [0.717, 1.165) is 12.8 Å². The summed E-state index contributed by atoms with van der Waals surface area (Å²) in [7, 11) is 0. The van der Waals surface area contributed by atoms with Gasteiger partial charge in [0.1, 0.15) is 0 Å². The maximum atomic E-state index is 2.70. The molecule has 6 aromatic carbocycles. The molecular weight excluding hydrogens is 557 g/mol. The Labute approximate surface area is 270 Å². The molecule has 7 aromatic rings. The number of anilines is 6. The van der Waals surface area contributed by atoms with E-state index in [1.165, 1.54) is 91.2 Å². The molecule has 46 heavy (non-hydrogen) atoms. The van der Waals surface area contributed by atoms with Crippen molar-refractivity contribution in [3.05, 3.63) is 157 Å². The summed E-state index contributed by atoms with van der Waals surface area (Å²) < 4.78 is 2.70. The Bertz CT molecular complexity index is 2280. The smallest absolute Gasteiger partial charge is 0.273 e. The first-order chi connectivity index (χ1) is 22.9. The Balaban J connectivity index is 1.37. The molecule has 3 heterocycles. The van der Waals surface area contributed by atoms with Gasteiger partial charge < -0.3 is 14.4 Å². The van der Waals surface area contributed by atoms with Crippen LogP contribution < -0.4 is 26.3 Å². The molecule has 1 aliphatic carbocycles. The second-order valence-electron chi connectivity index (χ2n) is 12.7. The van der Waals surface area contributed by atoms with Crippen molar-refractivity contribution in [3.63, 3.8) is 0 Å². The molecule has 0 saturated carbocycles. The Morgan fingerprint density at radius 2 is 1.07 bits per heavy atom. The summed E-state index contributed by atoms with van der Waals surface area (Å²) in [5, 5.41) is 2.58. The molecule has 0 fully saturated rings. The van der Waals surface area contributed by atoms with Gasteiger partial charge in [-0.2, -0.15) is 0 Å². The molecule has 0 amide bonds. The number of hydrogen-bond donors (Lipinski definition) is 0. The van der Waals surface area contributed by atoms with E-state index in [0.29, 0.717) is 0 Å². The summed E-state index contributed by atoms with van der Waals surface area (Å²) >= 11 is 0. The molecule has 0 unspecified atom stereocenters. The molecule has 218 valence electrons. The Hall–Kier alpha value is -5.48. The lowest BCUT2D eigenvalue weighted by Gasteiger charge is -2.43. The minimum atomic E-state index is 0.0851. The summed E-state index contributed by atoms with van der Waals surface area (Å²) in [6.45, 7) is 0.0851. The summed E-state index contributed by atoms with van der Waals surface area (Å²) in [5.41, 5.74) is 16.0. The van der Waals surface area contributed by atoms with Crippen molar-refractivity contribution in [1.29, 1.82) is 0 Å². The first-order valence-corrected chi connectivity index (χ1v) is 16.5. The van der Waals surface area contributed by atoms with Gasteiger partial charge in [0.2, 0.25) is 0 Å². The summed E-state index contributed by atoms with van der Waals surface area (Å²) in [6, 6.07) is 53.7. The van der Waals surface area contributed by atoms with E-state index in [-0.39, 0.29) is 6.71 Å². The maximum absolute atomic E-state index is 2.70. The zero-order valence-electron chi connectivity index (χ0n) is 25.6. The number of nitrogens with zero attached hydrogens (tertiary/aromatic N) is 3. The lowest BCUT2D eigenvalue weighted by molar-refractivity contribution is 0.665. The highest BCUT2D eigenvalue weighted by Gasteiger charge is 2.47. The van der Waals surface area contributed by atoms with Crippen LogP contribution in [0.3, 0.4) is 0 Å². The van der Waals surface area contributed by atoms with Crippen LogP contribution in [0.5, 0.6) is 0 Å². The molecule has 0 spiro atoms. The lowest BCUT2D eigenvalue weighted by atomic mass is 9.35. The highest BCUT2D eigenvalue weighted by Crippen LogP contribution is 2.47. The van der Waals surface area contributed by atoms with Crippen LogP contribution in [0.1, 0.15) is 24.1 Å². The van der Waals surface area contributed by atoms with Gasteiger partial charge in [-0.25, -0.2) is 0 Å². The largest absolute Gasteiger partial charge is 0.323 e. The number of aromatic nitrogens is 1. The standard InChI is InChI=1S/C42H32BN3/c1-3-17-30(18-4-1)44-37-25-12-10-23-34(37)43-40-38(44)27-14-28-39(40)45(31-19-5-2-6-20-31)41-33-22-9-11-24-36(33)46(42(41)43)35-26-13-16-29-15-7-8-21-32(29)35/h1-8,10,12-21,23,25-28H,9,11,22,24H2. The van der Waals surface area contributed by atoms with Crippen LogP contribution >= 0.6 is 0 Å². The molecule has 3 nitrogen and oxygen atoms in total. The Morgan fingerprint density at radius 3 is 1.89 bits per heavy atom. The molecule has 0 bridgehead atoms. The molecule has 10 rings (SSSR count). The number of hydrogen-bond acceptors (Lipinski definition) is 2. The van der Waals surface area contributed by atoms with Crippen LogP contribution in [0.25, 0.3) is 16.5 Å². The fourth-order valence-corrected chi connectivity index (χ4v) is 8.54. The molecule has 0 atom stereocenters. The van der Waals surface area contributed by atoms with Crippen molar-refractivity contribution >= 4 is 68.1 Å². The van der Waals surface area contributed by atoms with Crippen molar-refractivity contribution in [2.45, 2.75) is 25.7 Å². The van der Waals surface area contributed by atoms with Crippen molar-refractivity contribution in [2.75, 3.05) is 9.80 Å². The summed E-state index contributed by atoms with van der Waals surface area (Å²) in [5.74, 6) is 0. The highest BCUT2D eigenvalue weighted by atomic mass is 15.2. The molecule has 0 saturated heterocycles. The van der Waals surface area contributed by atoms with Gasteiger partial charge in [-0.05, 0) is 96.1 Å². The Kier molecular flexibility index (Phi) is 5.62. The van der Waals surface area contributed by atoms with E-state index in [4.69, 9.17) is 0 Å². The molecule has 4 heteroatoms. The minimum Gasteiger partial charge on any atom is -0.323 e. The normalized spacial score (nSPS) is 14.5. The average molecular weight is 590 g/mol. The maximum Gasteiger partial charge on any atom is 0.273 e. The average Bonchev–Trinajstić information content (AvgIpc) is 3.46. The summed E-state index contributed by atoms with van der Waals surface area (Å²) in [6.07, 6.45) is 4.62. The van der Waals surface area contributed by atoms with Crippen molar-refractivity contribution < 1.29 is 0 Å². The van der Waals surface area contributed by atoms with Gasteiger partial charge in [0.05, 0.1) is 11.4 Å². The van der Waals surface area contributed by atoms with Crippen LogP contribution in [0.2, 0.25) is 0 Å². The second kappa shape index (κ2) is 10.0. The first-order valence-electron chi connectivity index (χ1n) is 16.5. The topological polar surface area (TPSA) is 11.4 Å². The van der Waals surface area contributed by atoms with E-state index >= 15 is 0 Å². The predicted molar refractivity (Wildman–Crippen MR) is 194 cm³/mol. The van der Waals surface area contributed by atoms with Gasteiger partial charge in [0.25, 0.3) is 6.71 Å². The van der Waals surface area contributed by atoms with Crippen molar-refractivity contribution in [2.24, 2.45) is 0 Å². The third-order valence-corrected chi connectivity index (χ3v) is 10.3. The highest BCUT2D eigenvalue weighted by molar-refractivity contribution is 7.00. The fraction of sp³-hybridized carbons (Fsp3) is 0.0952. The molecule has 0 radical (unpaired) electrons. The van der Waals surface area contributed by atoms with Gasteiger partial charge in [-0.1, -0.05) is 97.1 Å². The van der Waals surface area contributed by atoms with Gasteiger partial charge in [0.15, 0.2) is 0 Å². The number of fused-ring (bicyclic) bond motifs is 7. The zero-order valence-corrected chi connectivity index (χ0v) is 25.6.